The van der Waals surface area contributed by atoms with E-state index in [1.54, 1.807) is 0 Å². The molecular weight excluding hydrogens is 723 g/mol. The van der Waals surface area contributed by atoms with E-state index in [9.17, 15) is 79.4 Å². The Morgan fingerprint density at radius 3 is 1.36 bits per heavy atom. The van der Waals surface area contributed by atoms with Crippen molar-refractivity contribution < 1.29 is 79.4 Å². The van der Waals surface area contributed by atoms with Crippen LogP contribution in [0.4, 0.5) is 74.6 Å². The highest BCUT2D eigenvalue weighted by atomic mass is 19.4. The molecule has 0 radical (unpaired) electrons. The van der Waals surface area contributed by atoms with Crippen LogP contribution in [0.25, 0.3) is 0 Å². The molecule has 1 aromatic carbocycles. The lowest BCUT2D eigenvalue weighted by Gasteiger charge is -2.42. The van der Waals surface area contributed by atoms with Crippen molar-refractivity contribution in [2.75, 3.05) is 0 Å². The van der Waals surface area contributed by atoms with Crippen LogP contribution in [0, 0.1) is 17.8 Å². The summed E-state index contributed by atoms with van der Waals surface area (Å²) in [4.78, 5) is 12.2. The Morgan fingerprint density at radius 2 is 0.940 bits per heavy atom. The number of rotatable bonds is 14. The Balaban J connectivity index is 1.73. The molecule has 2 aliphatic rings. The van der Waals surface area contributed by atoms with Crippen molar-refractivity contribution in [3.8, 4) is 0 Å². The Morgan fingerprint density at radius 1 is 0.540 bits per heavy atom. The first-order valence-electron chi connectivity index (χ1n) is 16.0. The highest BCUT2D eigenvalue weighted by Crippen LogP contribution is 2.64. The van der Waals surface area contributed by atoms with Gasteiger partial charge in [-0.15, -0.1) is 0 Å². The van der Waals surface area contributed by atoms with Gasteiger partial charge in [0.2, 0.25) is 5.78 Å². The molecule has 0 spiro atoms. The maximum atomic E-state index is 14.5. The molecule has 1 nitrogen and oxygen atoms in total. The molecule has 3 rings (SSSR count). The summed E-state index contributed by atoms with van der Waals surface area (Å²) in [5.41, 5.74) is -1.14. The summed E-state index contributed by atoms with van der Waals surface area (Å²) in [5.74, 6) is -59.9. The largest absolute Gasteiger partial charge is 0.460 e. The zero-order valence-electron chi connectivity index (χ0n) is 26.4. The molecule has 50 heavy (non-hydrogen) atoms. The first-order chi connectivity index (χ1) is 22.6. The molecule has 0 aliphatic heterocycles. The zero-order chi connectivity index (χ0) is 38.4. The third-order valence-electron chi connectivity index (χ3n) is 10.2. The van der Waals surface area contributed by atoms with Crippen LogP contribution < -0.4 is 0 Å². The molecule has 0 N–H and O–H groups in total. The van der Waals surface area contributed by atoms with Crippen molar-refractivity contribution in [3.63, 3.8) is 0 Å². The third-order valence-corrected chi connectivity index (χ3v) is 10.2. The van der Waals surface area contributed by atoms with Crippen molar-refractivity contribution >= 4 is 5.78 Å². The van der Waals surface area contributed by atoms with Crippen LogP contribution in [0.1, 0.15) is 106 Å². The standard InChI is InChI=1S/C32H35F17O/c1-2-3-4-5-18-6-8-19(9-7-18)20-10-12-21(13-11-20)22-14-16-23(17-15-22)24(50)25(33,34)26(35,36)27(37,38)28(39,40)29(41,42)30(43,44)31(45,46)32(47,48)49/h14-21H,2-13H2,1H3. The fraction of sp³-hybridized carbons (Fsp3) is 0.781. The smallest absolute Gasteiger partial charge is 0.287 e. The number of carbonyl (C=O) groups excluding carboxylic acids is 1. The van der Waals surface area contributed by atoms with E-state index in [2.05, 4.69) is 6.92 Å². The van der Waals surface area contributed by atoms with Gasteiger partial charge >= 0.3 is 47.6 Å². The summed E-state index contributed by atoms with van der Waals surface area (Å²) in [7, 11) is 0. The number of unbranched alkanes of at least 4 members (excludes halogenated alkanes) is 2. The predicted molar refractivity (Wildman–Crippen MR) is 146 cm³/mol. The molecule has 2 saturated carbocycles. The van der Waals surface area contributed by atoms with E-state index < -0.39 is 59.0 Å². The van der Waals surface area contributed by atoms with Crippen molar-refractivity contribution in [2.45, 2.75) is 138 Å². The number of Topliss-reactive ketones (excluding diaryl/α,β-unsaturated/α-hetero) is 1. The number of hydrogen-bond acceptors (Lipinski definition) is 1. The Bertz CT molecular complexity index is 1290. The van der Waals surface area contributed by atoms with E-state index in [1.807, 2.05) is 0 Å². The predicted octanol–water partition coefficient (Wildman–Crippen LogP) is 12.5. The average Bonchev–Trinajstić information content (AvgIpc) is 3.04. The number of ketones is 1. The number of benzene rings is 1. The fourth-order valence-corrected chi connectivity index (χ4v) is 6.95. The van der Waals surface area contributed by atoms with Gasteiger partial charge in [0.15, 0.2) is 0 Å². The molecule has 0 heterocycles. The van der Waals surface area contributed by atoms with Crippen LogP contribution in [-0.2, 0) is 0 Å². The van der Waals surface area contributed by atoms with Gasteiger partial charge in [-0.1, -0.05) is 69.7 Å². The number of carbonyl (C=O) groups is 1. The molecule has 2 fully saturated rings. The first-order valence-corrected chi connectivity index (χ1v) is 16.0. The van der Waals surface area contributed by atoms with E-state index in [0.717, 1.165) is 57.1 Å². The summed E-state index contributed by atoms with van der Waals surface area (Å²) in [6, 6.07) is 2.82. The fourth-order valence-electron chi connectivity index (χ4n) is 6.95. The van der Waals surface area contributed by atoms with Crippen LogP contribution in [0.15, 0.2) is 24.3 Å². The Labute approximate surface area is 276 Å². The molecule has 288 valence electrons. The minimum Gasteiger partial charge on any atom is -0.287 e. The monoisotopic (exact) mass is 758 g/mol. The van der Waals surface area contributed by atoms with E-state index in [0.29, 0.717) is 48.3 Å². The molecule has 2 aliphatic carbocycles. The summed E-state index contributed by atoms with van der Waals surface area (Å²) < 4.78 is 231. The van der Waals surface area contributed by atoms with Crippen molar-refractivity contribution in [3.05, 3.63) is 35.4 Å². The van der Waals surface area contributed by atoms with E-state index in [4.69, 9.17) is 0 Å². The minimum atomic E-state index is -8.74. The molecule has 0 atom stereocenters. The Hall–Kier alpha value is -2.30. The minimum absolute atomic E-state index is 0.204. The van der Waals surface area contributed by atoms with Gasteiger partial charge in [0.1, 0.15) is 0 Å². The van der Waals surface area contributed by atoms with Crippen LogP contribution in [0.2, 0.25) is 0 Å². The Kier molecular flexibility index (Phi) is 12.0. The quantitative estimate of drug-likeness (QED) is 0.105. The van der Waals surface area contributed by atoms with E-state index >= 15 is 0 Å². The van der Waals surface area contributed by atoms with Gasteiger partial charge in [0.25, 0.3) is 0 Å². The van der Waals surface area contributed by atoms with Crippen LogP contribution in [0.3, 0.4) is 0 Å². The number of alkyl halides is 17. The van der Waals surface area contributed by atoms with E-state index in [1.165, 1.54) is 19.3 Å². The SMILES string of the molecule is CCCCCC1CCC(C2CCC(c3ccc(C(=O)C(F)(F)C(F)(F)C(F)(F)C(F)(F)C(F)(F)C(F)(F)C(F)(F)C(F)(F)F)cc3)CC2)CC1. The van der Waals surface area contributed by atoms with Gasteiger partial charge in [-0.3, -0.25) is 4.79 Å². The highest BCUT2D eigenvalue weighted by molar-refractivity contribution is 6.02. The maximum absolute atomic E-state index is 14.5. The summed E-state index contributed by atoms with van der Waals surface area (Å²) in [5, 5.41) is 0. The van der Waals surface area contributed by atoms with Crippen molar-refractivity contribution in [1.82, 2.24) is 0 Å². The lowest BCUT2D eigenvalue weighted by atomic mass is 9.68. The van der Waals surface area contributed by atoms with Gasteiger partial charge in [0.05, 0.1) is 0 Å². The maximum Gasteiger partial charge on any atom is 0.460 e. The molecule has 0 bridgehead atoms. The van der Waals surface area contributed by atoms with Gasteiger partial charge in [-0.25, -0.2) is 0 Å². The first kappa shape index (κ1) is 42.1. The highest BCUT2D eigenvalue weighted by Gasteiger charge is 2.95. The number of halogens is 17. The average molecular weight is 759 g/mol. The molecule has 18 heteroatoms. The van der Waals surface area contributed by atoms with E-state index in [-0.39, 0.29) is 5.92 Å². The van der Waals surface area contributed by atoms with Crippen molar-refractivity contribution in [2.24, 2.45) is 17.8 Å². The lowest BCUT2D eigenvalue weighted by molar-refractivity contribution is -0.459. The number of hydrogen-bond donors (Lipinski definition) is 0. The van der Waals surface area contributed by atoms with Crippen molar-refractivity contribution in [1.29, 1.82) is 0 Å². The van der Waals surface area contributed by atoms with Gasteiger partial charge < -0.3 is 0 Å². The summed E-state index contributed by atoms with van der Waals surface area (Å²) in [6.07, 6.45) is 4.16. The summed E-state index contributed by atoms with van der Waals surface area (Å²) in [6.45, 7) is 2.14. The molecule has 0 unspecified atom stereocenters. The zero-order valence-corrected chi connectivity index (χ0v) is 26.4. The molecule has 0 aromatic heterocycles. The lowest BCUT2D eigenvalue weighted by Crippen LogP contribution is -2.75. The normalized spacial score (nSPS) is 24.0. The molecular formula is C32H35F17O. The molecule has 0 saturated heterocycles. The topological polar surface area (TPSA) is 17.1 Å². The summed E-state index contributed by atoms with van der Waals surface area (Å²) >= 11 is 0. The third kappa shape index (κ3) is 7.06. The van der Waals surface area contributed by atoms with Crippen LogP contribution in [-0.4, -0.2) is 53.4 Å². The van der Waals surface area contributed by atoms with Gasteiger partial charge in [0, 0.05) is 5.56 Å². The van der Waals surface area contributed by atoms with Gasteiger partial charge in [-0.05, 0) is 67.8 Å². The van der Waals surface area contributed by atoms with Crippen LogP contribution >= 0.6 is 0 Å². The second-order valence-corrected chi connectivity index (χ2v) is 13.4. The second kappa shape index (κ2) is 14.3. The van der Waals surface area contributed by atoms with Gasteiger partial charge in [-0.2, -0.15) is 74.6 Å². The molecule has 1 aromatic rings. The molecule has 0 amide bonds. The van der Waals surface area contributed by atoms with Crippen LogP contribution in [0.5, 0.6) is 0 Å². The second-order valence-electron chi connectivity index (χ2n) is 13.4.